The van der Waals surface area contributed by atoms with Crippen LogP contribution in [0.5, 0.6) is 0 Å². The molecule has 5 nitrogen and oxygen atoms in total. The zero-order chi connectivity index (χ0) is 18.3. The molecule has 1 atom stereocenters. The minimum Gasteiger partial charge on any atom is -0.411 e. The number of halogens is 2. The molecule has 1 aliphatic carbocycles. The van der Waals surface area contributed by atoms with E-state index in [-0.39, 0.29) is 11.4 Å². The van der Waals surface area contributed by atoms with E-state index >= 15 is 0 Å². The Morgan fingerprint density at radius 3 is 2.85 bits per heavy atom. The highest BCUT2D eigenvalue weighted by atomic mass is 35.5. The van der Waals surface area contributed by atoms with Gasteiger partial charge in [-0.25, -0.2) is 14.4 Å². The van der Waals surface area contributed by atoms with Crippen LogP contribution in [-0.2, 0) is 12.8 Å². The van der Waals surface area contributed by atoms with Crippen molar-refractivity contribution in [3.8, 4) is 0 Å². The quantitative estimate of drug-likeness (QED) is 0.476. The lowest BCUT2D eigenvalue weighted by Crippen LogP contribution is -2.23. The molecule has 1 aromatic carbocycles. The Hall–Kier alpha value is -2.31. The van der Waals surface area contributed by atoms with Crippen molar-refractivity contribution in [1.82, 2.24) is 4.98 Å². The fourth-order valence-electron chi connectivity index (χ4n) is 3.26. The van der Waals surface area contributed by atoms with Crippen molar-refractivity contribution in [3.05, 3.63) is 58.0 Å². The maximum atomic E-state index is 13.4. The summed E-state index contributed by atoms with van der Waals surface area (Å²) in [5, 5.41) is 23.4. The van der Waals surface area contributed by atoms with Gasteiger partial charge in [0.15, 0.2) is 5.82 Å². The van der Waals surface area contributed by atoms with Crippen molar-refractivity contribution in [2.75, 3.05) is 0 Å². The summed E-state index contributed by atoms with van der Waals surface area (Å²) in [5.74, 6) is 0.351. The number of rotatable bonds is 5. The molecule has 0 spiro atoms. The zero-order valence-electron chi connectivity index (χ0n) is 13.9. The van der Waals surface area contributed by atoms with Crippen LogP contribution in [0.4, 0.5) is 10.2 Å². The molecule has 1 unspecified atom stereocenters. The molecule has 2 aromatic rings. The summed E-state index contributed by atoms with van der Waals surface area (Å²) >= 11 is 5.84. The Bertz CT molecular complexity index is 925. The lowest BCUT2D eigenvalue weighted by Gasteiger charge is -2.11. The summed E-state index contributed by atoms with van der Waals surface area (Å²) in [6.07, 6.45) is 3.87. The van der Waals surface area contributed by atoms with Crippen LogP contribution in [0.2, 0.25) is 5.02 Å². The van der Waals surface area contributed by atoms with Crippen LogP contribution in [0.25, 0.3) is 0 Å². The first-order valence-corrected chi connectivity index (χ1v) is 8.83. The minimum atomic E-state index is -0.539. The van der Waals surface area contributed by atoms with E-state index in [0.717, 1.165) is 29.5 Å². The van der Waals surface area contributed by atoms with Gasteiger partial charge in [0.25, 0.3) is 0 Å². The lowest BCUT2D eigenvalue weighted by molar-refractivity contribution is 0.217. The normalized spacial score (nSPS) is 17.8. The number of fused-ring (bicyclic) bond motifs is 1. The van der Waals surface area contributed by atoms with Crippen molar-refractivity contribution in [1.29, 1.82) is 0 Å². The molecule has 0 saturated heterocycles. The van der Waals surface area contributed by atoms with Gasteiger partial charge in [-0.3, -0.25) is 0 Å². The van der Waals surface area contributed by atoms with Crippen LogP contribution in [0.3, 0.4) is 0 Å². The molecule has 0 radical (unpaired) electrons. The van der Waals surface area contributed by atoms with Crippen molar-refractivity contribution in [2.45, 2.75) is 31.8 Å². The van der Waals surface area contributed by atoms with E-state index in [9.17, 15) is 14.7 Å². The first-order chi connectivity index (χ1) is 12.6. The third-order valence-corrected chi connectivity index (χ3v) is 5.13. The van der Waals surface area contributed by atoms with Crippen molar-refractivity contribution >= 4 is 28.8 Å². The summed E-state index contributed by atoms with van der Waals surface area (Å²) in [7, 11) is 0. The Balaban J connectivity index is 1.61. The van der Waals surface area contributed by atoms with Crippen molar-refractivity contribution < 1.29 is 14.7 Å². The standard InChI is InChI=1S/C19H17ClFN3O2/c20-14-7-10(1-4-15(14)21)8-16(24-26)12-5-6-22-19-13(12)9-17(23-19)18(25)11-2-3-11/h1,4-7,11,18,25-26H,2-3,8-9H2/b24-16+. The molecule has 4 rings (SSSR count). The first kappa shape index (κ1) is 17.1. The van der Waals surface area contributed by atoms with E-state index in [0.29, 0.717) is 29.6 Å². The number of benzene rings is 1. The summed E-state index contributed by atoms with van der Waals surface area (Å²) < 4.78 is 13.4. The average Bonchev–Trinajstić information content (AvgIpc) is 3.40. The molecular formula is C19H17ClFN3O2. The predicted octanol–water partition coefficient (Wildman–Crippen LogP) is 3.69. The summed E-state index contributed by atoms with van der Waals surface area (Å²) in [6.45, 7) is 0. The van der Waals surface area contributed by atoms with Gasteiger partial charge in [-0.05, 0) is 42.5 Å². The molecule has 1 saturated carbocycles. The zero-order valence-corrected chi connectivity index (χ0v) is 14.6. The van der Waals surface area contributed by atoms with Crippen molar-refractivity contribution in [3.63, 3.8) is 0 Å². The fourth-order valence-corrected chi connectivity index (χ4v) is 3.46. The third kappa shape index (κ3) is 3.22. The number of hydrogen-bond donors (Lipinski definition) is 2. The van der Waals surface area contributed by atoms with Crippen molar-refractivity contribution in [2.24, 2.45) is 16.1 Å². The largest absolute Gasteiger partial charge is 0.411 e. The number of aliphatic hydroxyl groups is 1. The molecule has 0 bridgehead atoms. The van der Waals surface area contributed by atoms with E-state index in [1.807, 2.05) is 0 Å². The molecule has 2 heterocycles. The first-order valence-electron chi connectivity index (χ1n) is 8.45. The van der Waals surface area contributed by atoms with Crippen LogP contribution in [0, 0.1) is 11.7 Å². The number of pyridine rings is 1. The predicted molar refractivity (Wildman–Crippen MR) is 97.2 cm³/mol. The second kappa shape index (κ2) is 6.78. The number of aliphatic hydroxyl groups excluding tert-OH is 1. The Labute approximate surface area is 154 Å². The lowest BCUT2D eigenvalue weighted by atomic mass is 9.95. The Kier molecular flexibility index (Phi) is 4.46. The Morgan fingerprint density at radius 2 is 2.15 bits per heavy atom. The second-order valence-electron chi connectivity index (χ2n) is 6.69. The van der Waals surface area contributed by atoms with Gasteiger partial charge in [0.1, 0.15) is 5.82 Å². The van der Waals surface area contributed by atoms with Crippen LogP contribution >= 0.6 is 11.6 Å². The number of nitrogens with zero attached hydrogens (tertiary/aromatic N) is 3. The molecular weight excluding hydrogens is 357 g/mol. The van der Waals surface area contributed by atoms with E-state index in [2.05, 4.69) is 15.1 Å². The molecule has 1 fully saturated rings. The average molecular weight is 374 g/mol. The van der Waals surface area contributed by atoms with Crippen LogP contribution in [0.15, 0.2) is 40.6 Å². The topological polar surface area (TPSA) is 78.1 Å². The number of aliphatic imine (C=N–C) groups is 1. The number of oxime groups is 1. The van der Waals surface area contributed by atoms with Gasteiger partial charge >= 0.3 is 0 Å². The van der Waals surface area contributed by atoms with Crippen LogP contribution in [-0.4, -0.2) is 32.8 Å². The minimum absolute atomic E-state index is 0.0259. The maximum Gasteiger partial charge on any atom is 0.156 e. The summed E-state index contributed by atoms with van der Waals surface area (Å²) in [6, 6.07) is 6.17. The molecule has 1 aromatic heterocycles. The fraction of sp³-hybridized carbons (Fsp3) is 0.316. The highest BCUT2D eigenvalue weighted by Gasteiger charge is 2.36. The van der Waals surface area contributed by atoms with Gasteiger partial charge in [-0.15, -0.1) is 0 Å². The molecule has 26 heavy (non-hydrogen) atoms. The van der Waals surface area contributed by atoms with Crippen LogP contribution in [0.1, 0.15) is 29.5 Å². The van der Waals surface area contributed by atoms with E-state index in [1.165, 1.54) is 12.1 Å². The molecule has 134 valence electrons. The van der Waals surface area contributed by atoms with Gasteiger partial charge in [-0.2, -0.15) is 0 Å². The van der Waals surface area contributed by atoms with E-state index < -0.39 is 11.9 Å². The van der Waals surface area contributed by atoms with Gasteiger partial charge in [0.05, 0.1) is 22.5 Å². The van der Waals surface area contributed by atoms with Gasteiger partial charge in [-0.1, -0.05) is 22.8 Å². The number of aromatic nitrogens is 1. The summed E-state index contributed by atoms with van der Waals surface area (Å²) in [5.41, 5.74) is 3.42. The van der Waals surface area contributed by atoms with Crippen LogP contribution < -0.4 is 0 Å². The molecule has 1 aliphatic heterocycles. The molecule has 2 aliphatic rings. The maximum absolute atomic E-state index is 13.4. The van der Waals surface area contributed by atoms with Gasteiger partial charge in [0, 0.05) is 30.2 Å². The SMILES string of the molecule is O/N=C(\Cc1ccc(F)c(Cl)c1)c1ccnc2c1CC(C(O)C1CC1)=N2. The van der Waals surface area contributed by atoms with E-state index in [4.69, 9.17) is 11.6 Å². The molecule has 0 amide bonds. The second-order valence-corrected chi connectivity index (χ2v) is 7.10. The monoisotopic (exact) mass is 373 g/mol. The number of hydrogen-bond acceptors (Lipinski definition) is 5. The Morgan fingerprint density at radius 1 is 1.35 bits per heavy atom. The smallest absolute Gasteiger partial charge is 0.156 e. The molecule has 2 N–H and O–H groups in total. The molecule has 7 heteroatoms. The van der Waals surface area contributed by atoms with Gasteiger partial charge in [0.2, 0.25) is 0 Å². The summed E-state index contributed by atoms with van der Waals surface area (Å²) in [4.78, 5) is 8.75. The third-order valence-electron chi connectivity index (χ3n) is 4.84. The van der Waals surface area contributed by atoms with E-state index in [1.54, 1.807) is 18.3 Å². The highest BCUT2D eigenvalue weighted by molar-refractivity contribution is 6.30. The van der Waals surface area contributed by atoms with Gasteiger partial charge < -0.3 is 10.3 Å². The highest BCUT2D eigenvalue weighted by Crippen LogP contribution is 2.37.